The van der Waals surface area contributed by atoms with Gasteiger partial charge in [-0.05, 0) is 44.0 Å². The number of para-hydroxylation sites is 1. The maximum atomic E-state index is 11.5. The molecule has 2 rings (SSSR count). The maximum Gasteiger partial charge on any atom is 0.248 e. The fourth-order valence-corrected chi connectivity index (χ4v) is 2.12. The third-order valence-electron chi connectivity index (χ3n) is 3.06. The van der Waals surface area contributed by atoms with Crippen LogP contribution in [0.25, 0.3) is 11.1 Å². The van der Waals surface area contributed by atoms with Crippen LogP contribution < -0.4 is 10.5 Å². The number of amides is 1. The van der Waals surface area contributed by atoms with Crippen LogP contribution in [0.4, 0.5) is 0 Å². The Bertz CT molecular complexity index is 633. The van der Waals surface area contributed by atoms with E-state index in [1.165, 1.54) is 0 Å². The summed E-state index contributed by atoms with van der Waals surface area (Å²) < 4.78 is 5.81. The molecular formula is C17H19NO2. The van der Waals surface area contributed by atoms with Crippen molar-refractivity contribution in [3.05, 3.63) is 53.6 Å². The topological polar surface area (TPSA) is 52.3 Å². The first-order chi connectivity index (χ1) is 9.49. The van der Waals surface area contributed by atoms with Gasteiger partial charge in [0, 0.05) is 11.1 Å². The lowest BCUT2D eigenvalue weighted by Crippen LogP contribution is -2.12. The molecule has 2 aromatic rings. The van der Waals surface area contributed by atoms with Crippen molar-refractivity contribution < 1.29 is 9.53 Å². The molecule has 0 fully saturated rings. The third kappa shape index (κ3) is 2.99. The van der Waals surface area contributed by atoms with Crippen molar-refractivity contribution in [1.29, 1.82) is 0 Å². The molecule has 3 heteroatoms. The highest BCUT2D eigenvalue weighted by molar-refractivity contribution is 5.95. The zero-order valence-electron chi connectivity index (χ0n) is 12.0. The predicted octanol–water partition coefficient (Wildman–Crippen LogP) is 3.55. The molecule has 0 unspecified atom stereocenters. The summed E-state index contributed by atoms with van der Waals surface area (Å²) in [5, 5.41) is 0. The van der Waals surface area contributed by atoms with Gasteiger partial charge in [0.2, 0.25) is 5.91 Å². The molecule has 20 heavy (non-hydrogen) atoms. The van der Waals surface area contributed by atoms with Crippen LogP contribution in [0, 0.1) is 6.92 Å². The standard InChI is InChI=1S/C17H19NO2/c1-11(2)20-16-7-5-4-6-14(16)13-9-8-12(3)15(10-13)17(18)19/h4-11H,1-3H3,(H2,18,19). The van der Waals surface area contributed by atoms with Crippen LogP contribution in [-0.4, -0.2) is 12.0 Å². The Morgan fingerprint density at radius 2 is 1.85 bits per heavy atom. The fourth-order valence-electron chi connectivity index (χ4n) is 2.12. The first kappa shape index (κ1) is 14.1. The molecule has 0 aromatic heterocycles. The monoisotopic (exact) mass is 269 g/mol. The SMILES string of the molecule is Cc1ccc(-c2ccccc2OC(C)C)cc1C(N)=O. The molecule has 1 amide bonds. The van der Waals surface area contributed by atoms with Crippen LogP contribution in [0.3, 0.4) is 0 Å². The van der Waals surface area contributed by atoms with Crippen molar-refractivity contribution in [2.24, 2.45) is 5.73 Å². The van der Waals surface area contributed by atoms with Crippen molar-refractivity contribution >= 4 is 5.91 Å². The van der Waals surface area contributed by atoms with Gasteiger partial charge < -0.3 is 10.5 Å². The second-order valence-electron chi connectivity index (χ2n) is 5.06. The molecule has 2 N–H and O–H groups in total. The van der Waals surface area contributed by atoms with E-state index in [4.69, 9.17) is 10.5 Å². The molecule has 0 saturated carbocycles. The Kier molecular flexibility index (Phi) is 4.08. The number of rotatable bonds is 4. The molecule has 2 aromatic carbocycles. The number of nitrogens with two attached hydrogens (primary N) is 1. The Balaban J connectivity index is 2.51. The zero-order valence-corrected chi connectivity index (χ0v) is 12.0. The number of carbonyl (C=O) groups excluding carboxylic acids is 1. The van der Waals surface area contributed by atoms with Crippen LogP contribution in [0.15, 0.2) is 42.5 Å². The molecule has 3 nitrogen and oxygen atoms in total. The van der Waals surface area contributed by atoms with Crippen molar-refractivity contribution in [2.75, 3.05) is 0 Å². The molecule has 0 atom stereocenters. The van der Waals surface area contributed by atoms with Gasteiger partial charge >= 0.3 is 0 Å². The van der Waals surface area contributed by atoms with Crippen LogP contribution >= 0.6 is 0 Å². The summed E-state index contributed by atoms with van der Waals surface area (Å²) in [6, 6.07) is 13.5. The van der Waals surface area contributed by atoms with E-state index < -0.39 is 5.91 Å². The van der Waals surface area contributed by atoms with Crippen LogP contribution in [0.2, 0.25) is 0 Å². The van der Waals surface area contributed by atoms with Gasteiger partial charge in [-0.3, -0.25) is 4.79 Å². The van der Waals surface area contributed by atoms with E-state index in [1.54, 1.807) is 0 Å². The number of hydrogen-bond acceptors (Lipinski definition) is 2. The van der Waals surface area contributed by atoms with Gasteiger partial charge in [-0.2, -0.15) is 0 Å². The van der Waals surface area contributed by atoms with E-state index in [2.05, 4.69) is 0 Å². The van der Waals surface area contributed by atoms with Gasteiger partial charge in [0.1, 0.15) is 5.75 Å². The first-order valence-corrected chi connectivity index (χ1v) is 6.65. The van der Waals surface area contributed by atoms with Crippen molar-refractivity contribution in [3.8, 4) is 16.9 Å². The summed E-state index contributed by atoms with van der Waals surface area (Å²) in [5.41, 5.74) is 8.72. The summed E-state index contributed by atoms with van der Waals surface area (Å²) in [7, 11) is 0. The average molecular weight is 269 g/mol. The summed E-state index contributed by atoms with van der Waals surface area (Å²) in [4.78, 5) is 11.5. The highest BCUT2D eigenvalue weighted by atomic mass is 16.5. The number of benzene rings is 2. The van der Waals surface area contributed by atoms with Crippen LogP contribution in [0.5, 0.6) is 5.75 Å². The lowest BCUT2D eigenvalue weighted by molar-refractivity contribution is 0.0999. The van der Waals surface area contributed by atoms with Crippen LogP contribution in [0.1, 0.15) is 29.8 Å². The van der Waals surface area contributed by atoms with E-state index in [9.17, 15) is 4.79 Å². The van der Waals surface area contributed by atoms with E-state index in [0.29, 0.717) is 5.56 Å². The quantitative estimate of drug-likeness (QED) is 0.922. The van der Waals surface area contributed by atoms with Gasteiger partial charge in [-0.15, -0.1) is 0 Å². The Hall–Kier alpha value is -2.29. The maximum absolute atomic E-state index is 11.5. The number of carbonyl (C=O) groups is 1. The van der Waals surface area contributed by atoms with Crippen LogP contribution in [-0.2, 0) is 0 Å². The Morgan fingerprint density at radius 3 is 2.50 bits per heavy atom. The smallest absolute Gasteiger partial charge is 0.248 e. The van der Waals surface area contributed by atoms with E-state index in [-0.39, 0.29) is 6.10 Å². The molecule has 104 valence electrons. The minimum absolute atomic E-state index is 0.0946. The number of aryl methyl sites for hydroxylation is 1. The summed E-state index contributed by atoms with van der Waals surface area (Å²) >= 11 is 0. The van der Waals surface area contributed by atoms with Gasteiger partial charge in [-0.25, -0.2) is 0 Å². The predicted molar refractivity (Wildman–Crippen MR) is 80.9 cm³/mol. The number of hydrogen-bond donors (Lipinski definition) is 1. The molecule has 0 saturated heterocycles. The lowest BCUT2D eigenvalue weighted by atomic mass is 9.99. The Labute approximate surface area is 119 Å². The molecule has 0 spiro atoms. The summed E-state index contributed by atoms with van der Waals surface area (Å²) in [5.74, 6) is 0.397. The molecule has 0 aliphatic heterocycles. The normalized spacial score (nSPS) is 10.6. The summed E-state index contributed by atoms with van der Waals surface area (Å²) in [6.07, 6.45) is 0.0946. The fraction of sp³-hybridized carbons (Fsp3) is 0.235. The number of ether oxygens (including phenoxy) is 1. The minimum Gasteiger partial charge on any atom is -0.490 e. The van der Waals surface area contributed by atoms with E-state index in [1.807, 2.05) is 63.2 Å². The molecule has 0 heterocycles. The van der Waals surface area contributed by atoms with Gasteiger partial charge in [-0.1, -0.05) is 30.3 Å². The van der Waals surface area contributed by atoms with Crippen molar-refractivity contribution in [1.82, 2.24) is 0 Å². The number of primary amides is 1. The highest BCUT2D eigenvalue weighted by Crippen LogP contribution is 2.31. The first-order valence-electron chi connectivity index (χ1n) is 6.65. The lowest BCUT2D eigenvalue weighted by Gasteiger charge is -2.15. The van der Waals surface area contributed by atoms with E-state index in [0.717, 1.165) is 22.4 Å². The van der Waals surface area contributed by atoms with E-state index >= 15 is 0 Å². The zero-order chi connectivity index (χ0) is 14.7. The third-order valence-corrected chi connectivity index (χ3v) is 3.06. The highest BCUT2D eigenvalue weighted by Gasteiger charge is 2.11. The van der Waals surface area contributed by atoms with Gasteiger partial charge in [0.25, 0.3) is 0 Å². The van der Waals surface area contributed by atoms with Crippen molar-refractivity contribution in [3.63, 3.8) is 0 Å². The average Bonchev–Trinajstić information content (AvgIpc) is 2.39. The molecular weight excluding hydrogens is 250 g/mol. The molecule has 0 radical (unpaired) electrons. The Morgan fingerprint density at radius 1 is 1.15 bits per heavy atom. The molecule has 0 aliphatic carbocycles. The molecule has 0 bridgehead atoms. The van der Waals surface area contributed by atoms with Gasteiger partial charge in [0.05, 0.1) is 6.10 Å². The van der Waals surface area contributed by atoms with Crippen molar-refractivity contribution in [2.45, 2.75) is 26.9 Å². The molecule has 0 aliphatic rings. The second kappa shape index (κ2) is 5.78. The second-order valence-corrected chi connectivity index (χ2v) is 5.06. The van der Waals surface area contributed by atoms with Gasteiger partial charge in [0.15, 0.2) is 0 Å². The summed E-state index contributed by atoms with van der Waals surface area (Å²) in [6.45, 7) is 5.85. The largest absolute Gasteiger partial charge is 0.490 e. The minimum atomic E-state index is -0.411.